The van der Waals surface area contributed by atoms with Crippen molar-refractivity contribution in [2.75, 3.05) is 5.75 Å². The van der Waals surface area contributed by atoms with Crippen LogP contribution in [0.25, 0.3) is 0 Å². The van der Waals surface area contributed by atoms with Gasteiger partial charge in [-0.3, -0.25) is 0 Å². The fraction of sp³-hybridized carbons (Fsp3) is 0.833. The van der Waals surface area contributed by atoms with Crippen molar-refractivity contribution in [1.29, 1.82) is 0 Å². The van der Waals surface area contributed by atoms with Gasteiger partial charge in [-0.2, -0.15) is 11.8 Å². The smallest absolute Gasteiger partial charge is 0.0373 e. The van der Waals surface area contributed by atoms with E-state index in [-0.39, 0.29) is 0 Å². The lowest BCUT2D eigenvalue weighted by Crippen LogP contribution is -2.29. The Morgan fingerprint density at radius 2 is 2.23 bits per heavy atom. The summed E-state index contributed by atoms with van der Waals surface area (Å²) in [4.78, 5) is 0. The van der Waals surface area contributed by atoms with Crippen molar-refractivity contribution in [3.8, 4) is 0 Å². The zero-order valence-corrected chi connectivity index (χ0v) is 9.84. The molecule has 2 saturated carbocycles. The predicted octanol–water partition coefficient (Wildman–Crippen LogP) is 3.87. The highest BCUT2D eigenvalue weighted by Gasteiger charge is 2.57. The summed E-state index contributed by atoms with van der Waals surface area (Å²) in [7, 11) is 0. The van der Waals surface area contributed by atoms with Crippen molar-refractivity contribution >= 4 is 11.8 Å². The van der Waals surface area contributed by atoms with E-state index in [0.29, 0.717) is 10.2 Å². The van der Waals surface area contributed by atoms with Crippen LogP contribution < -0.4 is 0 Å². The molecule has 0 amide bonds. The second-order valence-corrected chi connectivity index (χ2v) is 6.71. The van der Waals surface area contributed by atoms with E-state index in [2.05, 4.69) is 39.1 Å². The Hall–Kier alpha value is 0.0900. The highest BCUT2D eigenvalue weighted by atomic mass is 32.2. The quantitative estimate of drug-likeness (QED) is 0.604. The van der Waals surface area contributed by atoms with Gasteiger partial charge in [-0.25, -0.2) is 0 Å². The first-order chi connectivity index (χ1) is 6.03. The molecule has 2 atom stereocenters. The summed E-state index contributed by atoms with van der Waals surface area (Å²) < 4.78 is 0.475. The van der Waals surface area contributed by atoms with Crippen LogP contribution in [0, 0.1) is 11.3 Å². The van der Waals surface area contributed by atoms with E-state index in [9.17, 15) is 0 Å². The molecule has 2 bridgehead atoms. The van der Waals surface area contributed by atoms with Gasteiger partial charge >= 0.3 is 0 Å². The molecular formula is C12H20S. The molecule has 0 aromatic heterocycles. The summed E-state index contributed by atoms with van der Waals surface area (Å²) >= 11 is 2.14. The van der Waals surface area contributed by atoms with Crippen LogP contribution in [0.2, 0.25) is 0 Å². The molecule has 0 nitrogen and oxygen atoms in total. The van der Waals surface area contributed by atoms with E-state index in [0.717, 1.165) is 5.92 Å². The summed E-state index contributed by atoms with van der Waals surface area (Å²) in [5.74, 6) is 2.15. The van der Waals surface area contributed by atoms with Gasteiger partial charge in [-0.05, 0) is 36.3 Å². The minimum Gasteiger partial charge on any atom is -0.151 e. The van der Waals surface area contributed by atoms with E-state index in [4.69, 9.17) is 0 Å². The molecule has 0 unspecified atom stereocenters. The fourth-order valence-electron chi connectivity index (χ4n) is 3.23. The van der Waals surface area contributed by atoms with Crippen molar-refractivity contribution < 1.29 is 0 Å². The second-order valence-electron chi connectivity index (χ2n) is 5.07. The van der Waals surface area contributed by atoms with Gasteiger partial charge < -0.3 is 0 Å². The monoisotopic (exact) mass is 196 g/mol. The average Bonchev–Trinajstić information content (AvgIpc) is 2.55. The van der Waals surface area contributed by atoms with Crippen LogP contribution in [0.15, 0.2) is 12.2 Å². The van der Waals surface area contributed by atoms with Crippen LogP contribution in [0.5, 0.6) is 0 Å². The topological polar surface area (TPSA) is 0 Å². The number of thioether (sulfide) groups is 1. The number of rotatable bonds is 2. The molecule has 2 rings (SSSR count). The minimum atomic E-state index is 0.417. The van der Waals surface area contributed by atoms with Gasteiger partial charge in [0.05, 0.1) is 0 Å². The standard InChI is InChI=1S/C12H20S/c1-5-13-12-7-6-10(8-12)11(3,4)9(12)2/h10H,2,5-8H2,1,3-4H3/t10-,12-/m1/s1. The highest BCUT2D eigenvalue weighted by Crippen LogP contribution is 2.65. The van der Waals surface area contributed by atoms with Crippen LogP contribution in [-0.4, -0.2) is 10.5 Å². The molecule has 2 fully saturated rings. The summed E-state index contributed by atoms with van der Waals surface area (Å²) in [6.07, 6.45) is 4.22. The van der Waals surface area contributed by atoms with Crippen LogP contribution in [0.4, 0.5) is 0 Å². The highest BCUT2D eigenvalue weighted by molar-refractivity contribution is 8.00. The third-order valence-corrected chi connectivity index (χ3v) is 5.70. The molecule has 0 aromatic rings. The van der Waals surface area contributed by atoms with E-state index in [1.54, 1.807) is 0 Å². The van der Waals surface area contributed by atoms with Gasteiger partial charge in [0.25, 0.3) is 0 Å². The number of fused-ring (bicyclic) bond motifs is 2. The Morgan fingerprint density at radius 1 is 1.54 bits per heavy atom. The number of hydrogen-bond acceptors (Lipinski definition) is 1. The SMILES string of the molecule is C=C1C(C)(C)[C@@H]2CC[C@@]1(SCC)C2. The molecular weight excluding hydrogens is 176 g/mol. The molecule has 1 heteroatoms. The maximum absolute atomic E-state index is 4.36. The van der Waals surface area contributed by atoms with E-state index >= 15 is 0 Å². The fourth-order valence-corrected chi connectivity index (χ4v) is 4.80. The summed E-state index contributed by atoms with van der Waals surface area (Å²) in [6.45, 7) is 11.4. The first-order valence-electron chi connectivity index (χ1n) is 5.37. The lowest BCUT2D eigenvalue weighted by molar-refractivity contribution is 0.290. The third kappa shape index (κ3) is 1.12. The van der Waals surface area contributed by atoms with Gasteiger partial charge in [-0.15, -0.1) is 0 Å². The van der Waals surface area contributed by atoms with Crippen LogP contribution in [0.1, 0.15) is 40.0 Å². The van der Waals surface area contributed by atoms with Crippen LogP contribution >= 0.6 is 11.8 Å². The minimum absolute atomic E-state index is 0.417. The average molecular weight is 196 g/mol. The second kappa shape index (κ2) is 2.79. The first kappa shape index (κ1) is 9.64. The molecule has 2 aliphatic carbocycles. The van der Waals surface area contributed by atoms with Crippen LogP contribution in [-0.2, 0) is 0 Å². The maximum Gasteiger partial charge on any atom is 0.0373 e. The molecule has 13 heavy (non-hydrogen) atoms. The predicted molar refractivity (Wildman–Crippen MR) is 61.1 cm³/mol. The normalized spacial score (nSPS) is 41.5. The Labute approximate surface area is 86.2 Å². The lowest BCUT2D eigenvalue weighted by Gasteiger charge is -2.37. The van der Waals surface area contributed by atoms with Crippen molar-refractivity contribution in [2.24, 2.45) is 11.3 Å². The van der Waals surface area contributed by atoms with Crippen molar-refractivity contribution in [3.05, 3.63) is 12.2 Å². The van der Waals surface area contributed by atoms with E-state index in [1.165, 1.54) is 30.6 Å². The van der Waals surface area contributed by atoms with Gasteiger partial charge in [0.1, 0.15) is 0 Å². The Kier molecular flexibility index (Phi) is 2.07. The van der Waals surface area contributed by atoms with E-state index in [1.807, 2.05) is 0 Å². The molecule has 0 heterocycles. The third-order valence-electron chi connectivity index (χ3n) is 4.24. The summed E-state index contributed by atoms with van der Waals surface area (Å²) in [6, 6.07) is 0. The molecule has 0 aliphatic heterocycles. The zero-order valence-electron chi connectivity index (χ0n) is 9.02. The summed E-state index contributed by atoms with van der Waals surface area (Å²) in [5, 5.41) is 0. The van der Waals surface area contributed by atoms with Gasteiger partial charge in [0, 0.05) is 4.75 Å². The first-order valence-corrected chi connectivity index (χ1v) is 6.35. The zero-order chi connectivity index (χ0) is 9.69. The molecule has 0 aromatic carbocycles. The molecule has 0 spiro atoms. The van der Waals surface area contributed by atoms with Gasteiger partial charge in [0.15, 0.2) is 0 Å². The number of hydrogen-bond donors (Lipinski definition) is 0. The van der Waals surface area contributed by atoms with Crippen LogP contribution in [0.3, 0.4) is 0 Å². The van der Waals surface area contributed by atoms with E-state index < -0.39 is 0 Å². The van der Waals surface area contributed by atoms with Crippen molar-refractivity contribution in [3.63, 3.8) is 0 Å². The van der Waals surface area contributed by atoms with Gasteiger partial charge in [-0.1, -0.05) is 32.9 Å². The Balaban J connectivity index is 2.29. The maximum atomic E-state index is 4.36. The molecule has 74 valence electrons. The van der Waals surface area contributed by atoms with Gasteiger partial charge in [0.2, 0.25) is 0 Å². The molecule has 0 saturated heterocycles. The molecule has 2 aliphatic rings. The molecule has 0 N–H and O–H groups in total. The molecule has 0 radical (unpaired) electrons. The van der Waals surface area contributed by atoms with Crippen molar-refractivity contribution in [1.82, 2.24) is 0 Å². The van der Waals surface area contributed by atoms with Crippen molar-refractivity contribution in [2.45, 2.75) is 44.8 Å². The summed E-state index contributed by atoms with van der Waals surface area (Å²) in [5.41, 5.74) is 1.95. The Bertz CT molecular complexity index is 242. The lowest BCUT2D eigenvalue weighted by atomic mass is 9.73. The largest absolute Gasteiger partial charge is 0.151 e. The Morgan fingerprint density at radius 3 is 2.69 bits per heavy atom.